The predicted octanol–water partition coefficient (Wildman–Crippen LogP) is 4.61. The SMILES string of the molecule is CCS(=O)(=O)Nc1ccc(C(=O)/C=C/c2csc(-c3ccc(F)cc3)n2)cc1. The molecule has 0 amide bonds. The number of nitrogens with one attached hydrogen (secondary N) is 1. The highest BCUT2D eigenvalue weighted by Crippen LogP contribution is 2.24. The van der Waals surface area contributed by atoms with Gasteiger partial charge in [0.1, 0.15) is 10.8 Å². The molecule has 0 atom stereocenters. The average Bonchev–Trinajstić information content (AvgIpc) is 3.16. The zero-order chi connectivity index (χ0) is 20.1. The lowest BCUT2D eigenvalue weighted by molar-refractivity contribution is 0.104. The Labute approximate surface area is 166 Å². The van der Waals surface area contributed by atoms with Gasteiger partial charge in [0, 0.05) is 22.2 Å². The molecule has 144 valence electrons. The molecule has 0 aliphatic rings. The Balaban J connectivity index is 1.67. The summed E-state index contributed by atoms with van der Waals surface area (Å²) >= 11 is 1.40. The lowest BCUT2D eigenvalue weighted by Gasteiger charge is -2.05. The summed E-state index contributed by atoms with van der Waals surface area (Å²) in [5, 5.41) is 2.55. The second-order valence-electron chi connectivity index (χ2n) is 5.86. The summed E-state index contributed by atoms with van der Waals surface area (Å²) in [5.74, 6) is -0.551. The first-order valence-corrected chi connectivity index (χ1v) is 10.9. The number of carbonyl (C=O) groups excluding carboxylic acids is 1. The Kier molecular flexibility index (Phi) is 6.01. The van der Waals surface area contributed by atoms with Gasteiger partial charge in [0.15, 0.2) is 5.78 Å². The van der Waals surface area contributed by atoms with E-state index in [1.807, 2.05) is 5.38 Å². The molecular weight excluding hydrogens is 399 g/mol. The predicted molar refractivity (Wildman–Crippen MR) is 110 cm³/mol. The van der Waals surface area contributed by atoms with Gasteiger partial charge in [-0.3, -0.25) is 9.52 Å². The van der Waals surface area contributed by atoms with E-state index in [-0.39, 0.29) is 17.4 Å². The lowest BCUT2D eigenvalue weighted by atomic mass is 10.1. The largest absolute Gasteiger partial charge is 0.289 e. The van der Waals surface area contributed by atoms with Crippen molar-refractivity contribution in [2.75, 3.05) is 10.5 Å². The van der Waals surface area contributed by atoms with Gasteiger partial charge < -0.3 is 0 Å². The maximum Gasteiger partial charge on any atom is 0.232 e. The third-order valence-electron chi connectivity index (χ3n) is 3.84. The van der Waals surface area contributed by atoms with Crippen molar-refractivity contribution in [2.45, 2.75) is 6.92 Å². The van der Waals surface area contributed by atoms with E-state index in [2.05, 4.69) is 9.71 Å². The van der Waals surface area contributed by atoms with Crippen molar-refractivity contribution in [2.24, 2.45) is 0 Å². The Morgan fingerprint density at radius 1 is 1.14 bits per heavy atom. The monoisotopic (exact) mass is 416 g/mol. The number of anilines is 1. The number of carbonyl (C=O) groups is 1. The molecule has 2 aromatic carbocycles. The smallest absolute Gasteiger partial charge is 0.232 e. The fraction of sp³-hybridized carbons (Fsp3) is 0.100. The molecule has 0 radical (unpaired) electrons. The number of hydrogen-bond acceptors (Lipinski definition) is 5. The highest BCUT2D eigenvalue weighted by atomic mass is 32.2. The van der Waals surface area contributed by atoms with Crippen LogP contribution in [0.15, 0.2) is 60.0 Å². The number of thiazole rings is 1. The summed E-state index contributed by atoms with van der Waals surface area (Å²) in [7, 11) is -3.35. The molecule has 1 aromatic heterocycles. The minimum atomic E-state index is -3.35. The maximum absolute atomic E-state index is 13.0. The van der Waals surface area contributed by atoms with Gasteiger partial charge in [0.05, 0.1) is 11.4 Å². The number of hydrogen-bond donors (Lipinski definition) is 1. The number of sulfonamides is 1. The van der Waals surface area contributed by atoms with Crippen molar-refractivity contribution in [3.05, 3.63) is 77.1 Å². The first kappa shape index (κ1) is 19.9. The van der Waals surface area contributed by atoms with Crippen LogP contribution in [-0.2, 0) is 10.0 Å². The third kappa shape index (κ3) is 5.11. The van der Waals surface area contributed by atoms with E-state index in [1.165, 1.54) is 29.5 Å². The quantitative estimate of drug-likeness (QED) is 0.451. The second kappa shape index (κ2) is 8.45. The van der Waals surface area contributed by atoms with Crippen molar-refractivity contribution in [1.82, 2.24) is 4.98 Å². The van der Waals surface area contributed by atoms with Crippen LogP contribution in [0.25, 0.3) is 16.6 Å². The number of benzene rings is 2. The van der Waals surface area contributed by atoms with Gasteiger partial charge in [0.2, 0.25) is 10.0 Å². The van der Waals surface area contributed by atoms with Gasteiger partial charge >= 0.3 is 0 Å². The third-order valence-corrected chi connectivity index (χ3v) is 6.06. The molecule has 0 saturated carbocycles. The minimum absolute atomic E-state index is 0.0238. The van der Waals surface area contributed by atoms with Crippen LogP contribution < -0.4 is 4.72 Å². The summed E-state index contributed by atoms with van der Waals surface area (Å²) in [6, 6.07) is 12.3. The number of rotatable bonds is 7. The Hall–Kier alpha value is -2.84. The van der Waals surface area contributed by atoms with Gasteiger partial charge in [-0.1, -0.05) is 0 Å². The Morgan fingerprint density at radius 2 is 1.82 bits per heavy atom. The summed E-state index contributed by atoms with van der Waals surface area (Å²) in [6.45, 7) is 1.55. The normalized spacial score (nSPS) is 11.6. The lowest BCUT2D eigenvalue weighted by Crippen LogP contribution is -2.14. The molecule has 5 nitrogen and oxygen atoms in total. The molecule has 0 saturated heterocycles. The average molecular weight is 416 g/mol. The number of nitrogens with zero attached hydrogens (tertiary/aromatic N) is 1. The number of halogens is 1. The summed E-state index contributed by atoms with van der Waals surface area (Å²) in [4.78, 5) is 16.7. The van der Waals surface area contributed by atoms with E-state index in [1.54, 1.807) is 49.4 Å². The number of aromatic nitrogens is 1. The molecule has 28 heavy (non-hydrogen) atoms. The van der Waals surface area contributed by atoms with Crippen LogP contribution in [0.1, 0.15) is 23.0 Å². The first-order valence-electron chi connectivity index (χ1n) is 8.41. The van der Waals surface area contributed by atoms with Gasteiger partial charge in [-0.05, 0) is 67.6 Å². The molecule has 1 heterocycles. The molecule has 3 rings (SSSR count). The molecule has 0 spiro atoms. The van der Waals surface area contributed by atoms with Crippen LogP contribution in [0, 0.1) is 5.82 Å². The highest BCUT2D eigenvalue weighted by molar-refractivity contribution is 7.92. The molecule has 8 heteroatoms. The van der Waals surface area contributed by atoms with Gasteiger partial charge in [0.25, 0.3) is 0 Å². The van der Waals surface area contributed by atoms with E-state index < -0.39 is 10.0 Å². The van der Waals surface area contributed by atoms with E-state index in [9.17, 15) is 17.6 Å². The Bertz CT molecular complexity index is 1100. The van der Waals surface area contributed by atoms with Gasteiger partial charge in [-0.2, -0.15) is 0 Å². The van der Waals surface area contributed by atoms with Crippen molar-refractivity contribution in [3.8, 4) is 10.6 Å². The van der Waals surface area contributed by atoms with Crippen LogP contribution in [0.3, 0.4) is 0 Å². The second-order valence-corrected chi connectivity index (χ2v) is 8.73. The molecular formula is C20H17FN2O3S2. The fourth-order valence-corrected chi connectivity index (χ4v) is 3.73. The molecule has 0 unspecified atom stereocenters. The van der Waals surface area contributed by atoms with Gasteiger partial charge in [-0.15, -0.1) is 11.3 Å². The van der Waals surface area contributed by atoms with E-state index in [0.29, 0.717) is 16.9 Å². The maximum atomic E-state index is 13.0. The number of allylic oxidation sites excluding steroid dienone is 1. The molecule has 0 bridgehead atoms. The summed E-state index contributed by atoms with van der Waals surface area (Å²) < 4.78 is 38.5. The summed E-state index contributed by atoms with van der Waals surface area (Å²) in [6.07, 6.45) is 3.02. The van der Waals surface area contributed by atoms with Crippen LogP contribution in [0.2, 0.25) is 0 Å². The van der Waals surface area contributed by atoms with E-state index in [4.69, 9.17) is 0 Å². The van der Waals surface area contributed by atoms with Crippen LogP contribution in [-0.4, -0.2) is 24.9 Å². The Morgan fingerprint density at radius 3 is 2.46 bits per heavy atom. The highest BCUT2D eigenvalue weighted by Gasteiger charge is 2.08. The molecule has 1 N–H and O–H groups in total. The van der Waals surface area contributed by atoms with Crippen molar-refractivity contribution < 1.29 is 17.6 Å². The zero-order valence-electron chi connectivity index (χ0n) is 14.9. The number of ketones is 1. The molecule has 0 aliphatic heterocycles. The van der Waals surface area contributed by atoms with Crippen LogP contribution in [0.5, 0.6) is 0 Å². The van der Waals surface area contributed by atoms with E-state index in [0.717, 1.165) is 10.6 Å². The molecule has 0 aliphatic carbocycles. The molecule has 0 fully saturated rings. The zero-order valence-corrected chi connectivity index (χ0v) is 16.6. The topological polar surface area (TPSA) is 76.1 Å². The standard InChI is InChI=1S/C20H17FN2O3S2/c1-2-28(25,26)23-17-9-5-14(6-10-17)19(24)12-11-18-13-27-20(22-18)15-3-7-16(21)8-4-15/h3-13,23H,2H2,1H3/b12-11+. The van der Waals surface area contributed by atoms with Crippen LogP contribution >= 0.6 is 11.3 Å². The van der Waals surface area contributed by atoms with Crippen LogP contribution in [0.4, 0.5) is 10.1 Å². The molecule has 3 aromatic rings. The van der Waals surface area contributed by atoms with Gasteiger partial charge in [-0.25, -0.2) is 17.8 Å². The summed E-state index contributed by atoms with van der Waals surface area (Å²) in [5.41, 5.74) is 2.28. The van der Waals surface area contributed by atoms with Crippen molar-refractivity contribution in [1.29, 1.82) is 0 Å². The van der Waals surface area contributed by atoms with E-state index >= 15 is 0 Å². The first-order chi connectivity index (χ1) is 13.4. The minimum Gasteiger partial charge on any atom is -0.289 e. The fourth-order valence-electron chi connectivity index (χ4n) is 2.30. The van der Waals surface area contributed by atoms with Crippen molar-refractivity contribution >= 4 is 38.9 Å². The van der Waals surface area contributed by atoms with Crippen molar-refractivity contribution in [3.63, 3.8) is 0 Å².